The fraction of sp³-hybridized carbons (Fsp3) is 0.154. The Kier molecular flexibility index (Phi) is 8.04. The van der Waals surface area contributed by atoms with E-state index in [2.05, 4.69) is 20.5 Å². The van der Waals surface area contributed by atoms with Crippen molar-refractivity contribution in [2.75, 3.05) is 26.1 Å². The number of aliphatic hydroxyl groups excluding tert-OH is 1. The van der Waals surface area contributed by atoms with Gasteiger partial charge in [-0.1, -0.05) is 0 Å². The summed E-state index contributed by atoms with van der Waals surface area (Å²) in [6.07, 6.45) is 0. The Hall–Kier alpha value is -4.59. The molecule has 4 aromatic rings. The minimum atomic E-state index is -4.77. The summed E-state index contributed by atoms with van der Waals surface area (Å²) >= 11 is 0. The predicted molar refractivity (Wildman–Crippen MR) is 145 cm³/mol. The number of phenols is 1. The second-order valence-electron chi connectivity index (χ2n) is 8.30. The number of methoxy groups -OCH3 is 1. The molecule has 4 rings (SSSR count). The van der Waals surface area contributed by atoms with Crippen LogP contribution in [0.25, 0.3) is 10.8 Å². The maximum atomic E-state index is 12.1. The van der Waals surface area contributed by atoms with Gasteiger partial charge in [0.05, 0.1) is 25.1 Å². The molecule has 0 heterocycles. The molecule has 0 radical (unpaired) electrons. The molecular weight excluding hydrogens is 526 g/mol. The number of rotatable bonds is 9. The second kappa shape index (κ2) is 11.4. The Morgan fingerprint density at radius 1 is 0.923 bits per heavy atom. The number of hydrogen-bond donors (Lipinski definition) is 4. The van der Waals surface area contributed by atoms with E-state index in [4.69, 9.17) is 20.3 Å². The van der Waals surface area contributed by atoms with Crippen LogP contribution in [0.4, 0.5) is 28.4 Å². The van der Waals surface area contributed by atoms with Crippen LogP contribution in [-0.2, 0) is 10.1 Å². The second-order valence-corrected chi connectivity index (χ2v) is 9.69. The number of nitrogen functional groups attached to an aromatic ring is 1. The molecule has 0 aliphatic rings. The number of nitrogens with zero attached hydrogens (tertiary/aromatic N) is 4. The van der Waals surface area contributed by atoms with E-state index in [1.54, 1.807) is 43.3 Å². The molecule has 0 atom stereocenters. The van der Waals surface area contributed by atoms with Gasteiger partial charge in [-0.3, -0.25) is 4.55 Å². The van der Waals surface area contributed by atoms with Crippen LogP contribution in [0.3, 0.4) is 0 Å². The van der Waals surface area contributed by atoms with Gasteiger partial charge in [0.2, 0.25) is 0 Å². The number of ether oxygens (including phenoxy) is 2. The van der Waals surface area contributed by atoms with E-state index in [1.807, 2.05) is 0 Å². The van der Waals surface area contributed by atoms with Crippen molar-refractivity contribution in [1.29, 1.82) is 0 Å². The highest BCUT2D eigenvalue weighted by molar-refractivity contribution is 7.86. The topological polar surface area (TPSA) is 189 Å². The minimum Gasteiger partial charge on any atom is -0.505 e. The lowest BCUT2D eigenvalue weighted by molar-refractivity contribution is 0.201. The van der Waals surface area contributed by atoms with E-state index in [0.717, 1.165) is 6.07 Å². The van der Waals surface area contributed by atoms with E-state index < -0.39 is 26.5 Å². The molecule has 39 heavy (non-hydrogen) atoms. The largest absolute Gasteiger partial charge is 0.505 e. The van der Waals surface area contributed by atoms with Gasteiger partial charge in [-0.15, -0.1) is 10.2 Å². The van der Waals surface area contributed by atoms with Crippen LogP contribution in [0, 0.1) is 6.92 Å². The van der Waals surface area contributed by atoms with Gasteiger partial charge < -0.3 is 25.4 Å². The van der Waals surface area contributed by atoms with Crippen LogP contribution >= 0.6 is 0 Å². The summed E-state index contributed by atoms with van der Waals surface area (Å²) < 4.78 is 44.6. The van der Waals surface area contributed by atoms with Gasteiger partial charge in [-0.05, 0) is 72.5 Å². The lowest BCUT2D eigenvalue weighted by atomic mass is 10.1. The van der Waals surface area contributed by atoms with Gasteiger partial charge in [0, 0.05) is 17.1 Å². The standard InChI is InChI=1S/C26H25N5O7S/c1-15-11-22(23(37-2)14-21(15)29-28-18-4-6-19(7-5-18)38-10-9-32)30-31-25-24(39(34,35)36)13-16-12-17(27)3-8-20(16)26(25)33/h3-8,11-14,32-33H,9-10,27H2,1-2H3,(H,34,35,36). The van der Waals surface area contributed by atoms with Crippen molar-refractivity contribution < 1.29 is 32.7 Å². The summed E-state index contributed by atoms with van der Waals surface area (Å²) in [6, 6.07) is 15.7. The summed E-state index contributed by atoms with van der Waals surface area (Å²) in [5, 5.41) is 36.7. The third-order valence-corrected chi connectivity index (χ3v) is 6.45. The Bertz CT molecular complexity index is 1690. The highest BCUT2D eigenvalue weighted by atomic mass is 32.2. The molecule has 0 bridgehead atoms. The fourth-order valence-electron chi connectivity index (χ4n) is 3.66. The molecule has 4 aromatic carbocycles. The van der Waals surface area contributed by atoms with Crippen molar-refractivity contribution in [3.8, 4) is 17.2 Å². The fourth-order valence-corrected chi connectivity index (χ4v) is 4.32. The number of nitrogens with two attached hydrogens (primary N) is 1. The smallest absolute Gasteiger partial charge is 0.296 e. The number of aliphatic hydroxyl groups is 1. The molecule has 0 amide bonds. The van der Waals surface area contributed by atoms with Gasteiger partial charge in [0.1, 0.15) is 34.4 Å². The van der Waals surface area contributed by atoms with Crippen LogP contribution in [0.5, 0.6) is 17.2 Å². The van der Waals surface area contributed by atoms with Crippen molar-refractivity contribution in [3.05, 3.63) is 66.2 Å². The number of anilines is 1. The summed E-state index contributed by atoms with van der Waals surface area (Å²) in [7, 11) is -3.35. The number of benzene rings is 4. The Morgan fingerprint density at radius 2 is 1.64 bits per heavy atom. The van der Waals surface area contributed by atoms with Gasteiger partial charge in [0.25, 0.3) is 10.1 Å². The number of aromatic hydroxyl groups is 1. The molecule has 13 heteroatoms. The monoisotopic (exact) mass is 551 g/mol. The van der Waals surface area contributed by atoms with Crippen molar-refractivity contribution in [1.82, 2.24) is 0 Å². The predicted octanol–water partition coefficient (Wildman–Crippen LogP) is 5.89. The van der Waals surface area contributed by atoms with Crippen molar-refractivity contribution in [2.24, 2.45) is 20.5 Å². The summed E-state index contributed by atoms with van der Waals surface area (Å²) in [5.74, 6) is 0.361. The first kappa shape index (κ1) is 27.4. The zero-order valence-corrected chi connectivity index (χ0v) is 21.8. The number of aryl methyl sites for hydroxylation is 1. The third-order valence-electron chi connectivity index (χ3n) is 5.58. The van der Waals surface area contributed by atoms with Gasteiger partial charge >= 0.3 is 0 Å². The molecule has 5 N–H and O–H groups in total. The molecule has 0 saturated heterocycles. The van der Waals surface area contributed by atoms with E-state index >= 15 is 0 Å². The first-order chi connectivity index (χ1) is 18.6. The van der Waals surface area contributed by atoms with Gasteiger partial charge in [0.15, 0.2) is 5.75 Å². The Labute approximate surface area is 223 Å². The van der Waals surface area contributed by atoms with Gasteiger partial charge in [-0.25, -0.2) is 0 Å². The van der Waals surface area contributed by atoms with E-state index in [0.29, 0.717) is 33.8 Å². The zero-order valence-electron chi connectivity index (χ0n) is 20.9. The minimum absolute atomic E-state index is 0.0845. The molecule has 0 aliphatic carbocycles. The maximum Gasteiger partial charge on any atom is 0.296 e. The lowest BCUT2D eigenvalue weighted by Gasteiger charge is -2.10. The number of fused-ring (bicyclic) bond motifs is 1. The number of hydrogen-bond acceptors (Lipinski definition) is 11. The van der Waals surface area contributed by atoms with Crippen LogP contribution in [0.1, 0.15) is 5.56 Å². The molecule has 0 unspecified atom stereocenters. The average molecular weight is 552 g/mol. The van der Waals surface area contributed by atoms with Crippen LogP contribution < -0.4 is 15.2 Å². The highest BCUT2D eigenvalue weighted by Gasteiger charge is 2.22. The van der Waals surface area contributed by atoms with E-state index in [-0.39, 0.29) is 30.0 Å². The molecule has 0 spiro atoms. The van der Waals surface area contributed by atoms with Crippen molar-refractivity contribution >= 4 is 49.3 Å². The molecule has 0 saturated carbocycles. The first-order valence-corrected chi connectivity index (χ1v) is 12.9. The van der Waals surface area contributed by atoms with E-state index in [1.165, 1.54) is 25.3 Å². The summed E-state index contributed by atoms with van der Waals surface area (Å²) in [5.41, 5.74) is 7.60. The normalized spacial score (nSPS) is 12.0. The number of phenolic OH excluding ortho intramolecular Hbond substituents is 1. The van der Waals surface area contributed by atoms with Crippen LogP contribution in [0.15, 0.2) is 86.0 Å². The Morgan fingerprint density at radius 3 is 2.31 bits per heavy atom. The SMILES string of the molecule is COc1cc(N=Nc2ccc(OCCO)cc2)c(C)cc1N=Nc1c(S(=O)(=O)O)cc2cc(N)ccc2c1O. The lowest BCUT2D eigenvalue weighted by Crippen LogP contribution is -2.00. The molecule has 0 fully saturated rings. The van der Waals surface area contributed by atoms with Crippen LogP contribution in [-0.4, -0.2) is 43.5 Å². The van der Waals surface area contributed by atoms with Gasteiger partial charge in [-0.2, -0.15) is 18.6 Å². The Balaban J connectivity index is 1.68. The maximum absolute atomic E-state index is 12.1. The number of azo groups is 2. The zero-order chi connectivity index (χ0) is 28.2. The molecule has 0 aliphatic heterocycles. The van der Waals surface area contributed by atoms with Crippen molar-refractivity contribution in [3.63, 3.8) is 0 Å². The highest BCUT2D eigenvalue weighted by Crippen LogP contribution is 2.43. The summed E-state index contributed by atoms with van der Waals surface area (Å²) in [4.78, 5) is -0.629. The molecule has 0 aromatic heterocycles. The molecule has 202 valence electrons. The van der Waals surface area contributed by atoms with Crippen LogP contribution in [0.2, 0.25) is 0 Å². The van der Waals surface area contributed by atoms with Crippen molar-refractivity contribution in [2.45, 2.75) is 11.8 Å². The average Bonchev–Trinajstić information content (AvgIpc) is 2.90. The molecule has 12 nitrogen and oxygen atoms in total. The van der Waals surface area contributed by atoms with E-state index in [9.17, 15) is 18.1 Å². The molecular formula is C26H25N5O7S. The first-order valence-electron chi connectivity index (χ1n) is 11.5. The summed E-state index contributed by atoms with van der Waals surface area (Å²) in [6.45, 7) is 1.87. The third kappa shape index (κ3) is 6.29. The quantitative estimate of drug-likeness (QED) is 0.112.